The van der Waals surface area contributed by atoms with Crippen molar-refractivity contribution in [2.75, 3.05) is 38.0 Å². The zero-order valence-corrected chi connectivity index (χ0v) is 15.6. The number of rotatable bonds is 4. The van der Waals surface area contributed by atoms with E-state index in [1.807, 2.05) is 40.1 Å². The molecule has 0 saturated carbocycles. The Morgan fingerprint density at radius 3 is 2.31 bits per heavy atom. The SMILES string of the molecule is O=C(CN1CCN(C(=O)c2ccccc2)CC1)Nc1ccc(Cl)cc1Cl. The fraction of sp³-hybridized carbons (Fsp3) is 0.263. The molecule has 1 aliphatic heterocycles. The van der Waals surface area contributed by atoms with E-state index < -0.39 is 0 Å². The van der Waals surface area contributed by atoms with Crippen molar-refractivity contribution in [2.45, 2.75) is 0 Å². The smallest absolute Gasteiger partial charge is 0.253 e. The van der Waals surface area contributed by atoms with Gasteiger partial charge in [-0.25, -0.2) is 0 Å². The molecule has 3 rings (SSSR count). The van der Waals surface area contributed by atoms with Crippen LogP contribution in [0.2, 0.25) is 10.0 Å². The number of benzene rings is 2. The lowest BCUT2D eigenvalue weighted by molar-refractivity contribution is -0.117. The van der Waals surface area contributed by atoms with Gasteiger partial charge in [-0.15, -0.1) is 0 Å². The van der Waals surface area contributed by atoms with E-state index in [0.717, 1.165) is 0 Å². The monoisotopic (exact) mass is 391 g/mol. The summed E-state index contributed by atoms with van der Waals surface area (Å²) in [5, 5.41) is 3.72. The lowest BCUT2D eigenvalue weighted by Crippen LogP contribution is -2.50. The maximum Gasteiger partial charge on any atom is 0.253 e. The highest BCUT2D eigenvalue weighted by Crippen LogP contribution is 2.25. The van der Waals surface area contributed by atoms with E-state index in [2.05, 4.69) is 5.32 Å². The van der Waals surface area contributed by atoms with Gasteiger partial charge in [-0.1, -0.05) is 41.4 Å². The Morgan fingerprint density at radius 1 is 0.962 bits per heavy atom. The third kappa shape index (κ3) is 4.75. The minimum atomic E-state index is -0.142. The van der Waals surface area contributed by atoms with Crippen LogP contribution in [0.4, 0.5) is 5.69 Å². The fourth-order valence-electron chi connectivity index (χ4n) is 2.86. The van der Waals surface area contributed by atoms with Crippen molar-refractivity contribution >= 4 is 40.7 Å². The molecule has 7 heteroatoms. The second-order valence-corrected chi connectivity index (χ2v) is 6.95. The van der Waals surface area contributed by atoms with Crippen molar-refractivity contribution in [3.8, 4) is 0 Å². The zero-order chi connectivity index (χ0) is 18.5. The average molecular weight is 392 g/mol. The molecule has 2 aromatic carbocycles. The quantitative estimate of drug-likeness (QED) is 0.868. The summed E-state index contributed by atoms with van der Waals surface area (Å²) in [4.78, 5) is 28.5. The molecule has 5 nitrogen and oxygen atoms in total. The van der Waals surface area contributed by atoms with Crippen LogP contribution >= 0.6 is 23.2 Å². The molecule has 0 unspecified atom stereocenters. The zero-order valence-electron chi connectivity index (χ0n) is 14.1. The highest BCUT2D eigenvalue weighted by Gasteiger charge is 2.23. The normalized spacial score (nSPS) is 14.9. The molecule has 136 valence electrons. The summed E-state index contributed by atoms with van der Waals surface area (Å²) in [6.07, 6.45) is 0. The summed E-state index contributed by atoms with van der Waals surface area (Å²) in [7, 11) is 0. The van der Waals surface area contributed by atoms with Crippen LogP contribution in [0, 0.1) is 0 Å². The molecule has 0 aliphatic carbocycles. The second kappa shape index (κ2) is 8.54. The molecular weight excluding hydrogens is 373 g/mol. The van der Waals surface area contributed by atoms with Gasteiger partial charge in [0.2, 0.25) is 5.91 Å². The summed E-state index contributed by atoms with van der Waals surface area (Å²) in [6, 6.07) is 14.2. The van der Waals surface area contributed by atoms with Gasteiger partial charge in [0.25, 0.3) is 5.91 Å². The van der Waals surface area contributed by atoms with E-state index in [9.17, 15) is 9.59 Å². The molecule has 1 saturated heterocycles. The number of amides is 2. The maximum absolute atomic E-state index is 12.4. The molecule has 2 amide bonds. The standard InChI is InChI=1S/C19H19Cl2N3O2/c20-15-6-7-17(16(21)12-15)22-18(25)13-23-8-10-24(11-9-23)19(26)14-4-2-1-3-5-14/h1-7,12H,8-11,13H2,(H,22,25). The summed E-state index contributed by atoms with van der Waals surface area (Å²) in [6.45, 7) is 2.76. The van der Waals surface area contributed by atoms with E-state index in [1.165, 1.54) is 0 Å². The molecule has 0 atom stereocenters. The van der Waals surface area contributed by atoms with Crippen LogP contribution < -0.4 is 5.32 Å². The Hall–Kier alpha value is -2.08. The molecular formula is C19H19Cl2N3O2. The average Bonchev–Trinajstić information content (AvgIpc) is 2.65. The highest BCUT2D eigenvalue weighted by molar-refractivity contribution is 6.36. The maximum atomic E-state index is 12.4. The van der Waals surface area contributed by atoms with Crippen LogP contribution in [0.1, 0.15) is 10.4 Å². The number of piperazine rings is 1. The molecule has 0 bridgehead atoms. The van der Waals surface area contributed by atoms with Gasteiger partial charge in [-0.05, 0) is 30.3 Å². The third-order valence-corrected chi connectivity index (χ3v) is 4.80. The number of hydrogen-bond donors (Lipinski definition) is 1. The summed E-state index contributed by atoms with van der Waals surface area (Å²) >= 11 is 11.9. The summed E-state index contributed by atoms with van der Waals surface area (Å²) < 4.78 is 0. The molecule has 1 fully saturated rings. The van der Waals surface area contributed by atoms with Crippen LogP contribution in [0.15, 0.2) is 48.5 Å². The number of anilines is 1. The Labute approximate surface area is 162 Å². The topological polar surface area (TPSA) is 52.7 Å². The van der Waals surface area contributed by atoms with Crippen molar-refractivity contribution in [3.05, 3.63) is 64.1 Å². The van der Waals surface area contributed by atoms with Crippen LogP contribution in [-0.2, 0) is 4.79 Å². The number of halogens is 2. The minimum Gasteiger partial charge on any atom is -0.336 e. The van der Waals surface area contributed by atoms with E-state index >= 15 is 0 Å². The summed E-state index contributed by atoms with van der Waals surface area (Å²) in [5.74, 6) is -0.111. The first-order valence-corrected chi connectivity index (χ1v) is 9.10. The molecule has 1 N–H and O–H groups in total. The molecule has 1 heterocycles. The Balaban J connectivity index is 1.49. The van der Waals surface area contributed by atoms with Crippen LogP contribution in [-0.4, -0.2) is 54.3 Å². The Morgan fingerprint density at radius 2 is 1.65 bits per heavy atom. The lowest BCUT2D eigenvalue weighted by Gasteiger charge is -2.34. The van der Waals surface area contributed by atoms with E-state index in [4.69, 9.17) is 23.2 Å². The van der Waals surface area contributed by atoms with Gasteiger partial charge in [-0.2, -0.15) is 0 Å². The van der Waals surface area contributed by atoms with Gasteiger partial charge in [0.05, 0.1) is 17.3 Å². The van der Waals surface area contributed by atoms with Crippen molar-refractivity contribution < 1.29 is 9.59 Å². The highest BCUT2D eigenvalue weighted by atomic mass is 35.5. The largest absolute Gasteiger partial charge is 0.336 e. The van der Waals surface area contributed by atoms with Crippen LogP contribution in [0.3, 0.4) is 0 Å². The number of nitrogens with one attached hydrogen (secondary N) is 1. The number of carbonyl (C=O) groups excluding carboxylic acids is 2. The summed E-state index contributed by atoms with van der Waals surface area (Å²) in [5.41, 5.74) is 1.23. The minimum absolute atomic E-state index is 0.0302. The lowest BCUT2D eigenvalue weighted by atomic mass is 10.2. The molecule has 0 radical (unpaired) electrons. The van der Waals surface area contributed by atoms with Gasteiger partial charge >= 0.3 is 0 Å². The van der Waals surface area contributed by atoms with Gasteiger partial charge in [0.1, 0.15) is 0 Å². The molecule has 26 heavy (non-hydrogen) atoms. The van der Waals surface area contributed by atoms with E-state index in [0.29, 0.717) is 47.5 Å². The Kier molecular flexibility index (Phi) is 6.14. The fourth-order valence-corrected chi connectivity index (χ4v) is 3.31. The molecule has 0 aromatic heterocycles. The number of nitrogens with zero attached hydrogens (tertiary/aromatic N) is 2. The van der Waals surface area contributed by atoms with Crippen molar-refractivity contribution in [3.63, 3.8) is 0 Å². The van der Waals surface area contributed by atoms with Gasteiger partial charge in [-0.3, -0.25) is 14.5 Å². The third-order valence-electron chi connectivity index (χ3n) is 4.25. The van der Waals surface area contributed by atoms with Gasteiger partial charge in [0, 0.05) is 36.8 Å². The van der Waals surface area contributed by atoms with E-state index in [1.54, 1.807) is 18.2 Å². The predicted octanol–water partition coefficient (Wildman–Crippen LogP) is 3.39. The van der Waals surface area contributed by atoms with Crippen molar-refractivity contribution in [1.82, 2.24) is 9.80 Å². The molecule has 2 aromatic rings. The first kappa shape index (κ1) is 18.7. The van der Waals surface area contributed by atoms with Crippen molar-refractivity contribution in [2.24, 2.45) is 0 Å². The first-order valence-electron chi connectivity index (χ1n) is 8.34. The first-order chi connectivity index (χ1) is 12.5. The van der Waals surface area contributed by atoms with Gasteiger partial charge in [0.15, 0.2) is 0 Å². The number of carbonyl (C=O) groups is 2. The molecule has 1 aliphatic rings. The van der Waals surface area contributed by atoms with E-state index in [-0.39, 0.29) is 18.4 Å². The van der Waals surface area contributed by atoms with Crippen LogP contribution in [0.5, 0.6) is 0 Å². The predicted molar refractivity (Wildman–Crippen MR) is 104 cm³/mol. The molecule has 0 spiro atoms. The van der Waals surface area contributed by atoms with Crippen LogP contribution in [0.25, 0.3) is 0 Å². The second-order valence-electron chi connectivity index (χ2n) is 6.11. The Bertz CT molecular complexity index is 791. The number of hydrogen-bond acceptors (Lipinski definition) is 3. The van der Waals surface area contributed by atoms with Gasteiger partial charge < -0.3 is 10.2 Å². The van der Waals surface area contributed by atoms with Crippen molar-refractivity contribution in [1.29, 1.82) is 0 Å².